The molecule has 3 heterocycles. The molecule has 3 fully saturated rings. The first-order valence-electron chi connectivity index (χ1n) is 20.5. The Kier molecular flexibility index (Phi) is 10.9. The number of benzene rings is 4. The number of phosphoric ester groups is 1. The number of nitrogens with zero attached hydrogens (tertiary/aromatic N) is 3. The van der Waals surface area contributed by atoms with Gasteiger partial charge in [0, 0.05) is 78.8 Å². The number of fused-ring (bicyclic) bond motifs is 6. The number of amides is 4. The van der Waals surface area contributed by atoms with Crippen LogP contribution in [0.15, 0.2) is 72.8 Å². The Hall–Kier alpha value is -4.69. The van der Waals surface area contributed by atoms with E-state index in [9.17, 15) is 38.6 Å². The predicted octanol–water partition coefficient (Wildman–Crippen LogP) is 7.04. The van der Waals surface area contributed by atoms with Crippen molar-refractivity contribution >= 4 is 87.8 Å². The number of aliphatic hydroxyl groups is 1. The lowest BCUT2D eigenvalue weighted by Gasteiger charge is -2.69. The number of nitrogens with one attached hydrogen (secondary N) is 1. The molecule has 6 aliphatic rings. The first-order valence-corrected chi connectivity index (χ1v) is 23.1. The van der Waals surface area contributed by atoms with Crippen LogP contribution in [0, 0.1) is 10.8 Å². The van der Waals surface area contributed by atoms with Gasteiger partial charge >= 0.3 is 13.9 Å². The molecule has 4 N–H and O–H groups in total. The number of ether oxygens (including phenoxy) is 1. The average Bonchev–Trinajstić information content (AvgIpc) is 3.88. The van der Waals surface area contributed by atoms with Gasteiger partial charge in [0.25, 0.3) is 0 Å². The molecule has 0 spiro atoms. The molecule has 3 aliphatic heterocycles. The van der Waals surface area contributed by atoms with Crippen LogP contribution >= 0.6 is 31.0 Å². The zero-order chi connectivity index (χ0) is 42.8. The third-order valence-electron chi connectivity index (χ3n) is 13.1. The van der Waals surface area contributed by atoms with Gasteiger partial charge in [-0.3, -0.25) is 24.2 Å². The molecule has 4 aromatic carbocycles. The summed E-state index contributed by atoms with van der Waals surface area (Å²) in [5.41, 5.74) is 1.31. The fourth-order valence-electron chi connectivity index (χ4n) is 10.4. The van der Waals surface area contributed by atoms with Crippen LogP contribution in [0.1, 0.15) is 67.9 Å². The van der Waals surface area contributed by atoms with E-state index in [0.717, 1.165) is 35.8 Å². The molecule has 320 valence electrons. The van der Waals surface area contributed by atoms with Crippen LogP contribution in [0.5, 0.6) is 11.5 Å². The monoisotopic (exact) mass is 890 g/mol. The van der Waals surface area contributed by atoms with E-state index in [1.165, 1.54) is 23.1 Å². The molecule has 4 aromatic rings. The highest BCUT2D eigenvalue weighted by atomic mass is 35.5. The highest BCUT2D eigenvalue weighted by molar-refractivity contribution is 7.46. The molecular weight excluding hydrogens is 846 g/mol. The Morgan fingerprint density at radius 2 is 1.28 bits per heavy atom. The summed E-state index contributed by atoms with van der Waals surface area (Å²) >= 11 is 13.0. The lowest BCUT2D eigenvalue weighted by Crippen LogP contribution is -2.73. The van der Waals surface area contributed by atoms with Crippen LogP contribution in [0.4, 0.5) is 16.2 Å². The quantitative estimate of drug-likeness (QED) is 0.0582. The second-order valence-electron chi connectivity index (χ2n) is 16.9. The lowest BCUT2D eigenvalue weighted by atomic mass is 9.34. The second-order valence-corrected chi connectivity index (χ2v) is 18.7. The summed E-state index contributed by atoms with van der Waals surface area (Å²) in [5.74, 6) is -0.0890. The van der Waals surface area contributed by atoms with E-state index in [0.29, 0.717) is 78.6 Å². The molecule has 3 atom stereocenters. The number of hydrogen-bond donors (Lipinski definition) is 4. The third-order valence-corrected chi connectivity index (χ3v) is 14.3. The van der Waals surface area contributed by atoms with Crippen molar-refractivity contribution < 1.29 is 47.9 Å². The molecule has 0 aromatic heterocycles. The number of aliphatic hydroxyl groups excluding tert-OH is 1. The number of anilines is 2. The van der Waals surface area contributed by atoms with Gasteiger partial charge in [0.05, 0.1) is 22.2 Å². The summed E-state index contributed by atoms with van der Waals surface area (Å²) in [6.07, 6.45) is 5.44. The number of rotatable bonds is 14. The van der Waals surface area contributed by atoms with Gasteiger partial charge in [-0.25, -0.2) is 9.36 Å². The highest BCUT2D eigenvalue weighted by Crippen LogP contribution is 2.75. The Balaban J connectivity index is 0.887. The van der Waals surface area contributed by atoms with E-state index in [-0.39, 0.29) is 53.6 Å². The molecule has 17 heteroatoms. The first-order chi connectivity index (χ1) is 29.3. The number of phosphoric acid groups is 1. The van der Waals surface area contributed by atoms with E-state index >= 15 is 0 Å². The van der Waals surface area contributed by atoms with Crippen LogP contribution < -0.4 is 24.4 Å². The van der Waals surface area contributed by atoms with E-state index in [1.807, 2.05) is 36.4 Å². The van der Waals surface area contributed by atoms with Crippen molar-refractivity contribution in [3.05, 3.63) is 83.9 Å². The summed E-state index contributed by atoms with van der Waals surface area (Å²) < 4.78 is 23.0. The lowest BCUT2D eigenvalue weighted by molar-refractivity contribution is -0.205. The van der Waals surface area contributed by atoms with Crippen molar-refractivity contribution in [1.82, 2.24) is 10.2 Å². The van der Waals surface area contributed by atoms with Gasteiger partial charge in [0.15, 0.2) is 0 Å². The van der Waals surface area contributed by atoms with Crippen LogP contribution in [0.3, 0.4) is 0 Å². The van der Waals surface area contributed by atoms with Crippen molar-refractivity contribution in [2.75, 3.05) is 47.7 Å². The third kappa shape index (κ3) is 7.24. The smallest absolute Gasteiger partial charge is 0.410 e. The van der Waals surface area contributed by atoms with Crippen molar-refractivity contribution in [2.24, 2.45) is 10.8 Å². The molecule has 4 amide bonds. The fraction of sp³-hybridized carbons (Fsp3) is 0.409. The Morgan fingerprint density at radius 1 is 0.770 bits per heavy atom. The molecule has 0 radical (unpaired) electrons. The van der Waals surface area contributed by atoms with Crippen molar-refractivity contribution in [2.45, 2.75) is 63.0 Å². The summed E-state index contributed by atoms with van der Waals surface area (Å²) in [4.78, 5) is 78.3. The van der Waals surface area contributed by atoms with Crippen molar-refractivity contribution in [3.63, 3.8) is 0 Å². The minimum atomic E-state index is -4.92. The predicted molar refractivity (Wildman–Crippen MR) is 230 cm³/mol. The summed E-state index contributed by atoms with van der Waals surface area (Å²) in [5, 5.41) is 15.4. The maximum absolute atomic E-state index is 14.6. The number of alkyl halides is 2. The molecular formula is C44H45Cl2N4O10P. The Labute approximate surface area is 361 Å². The van der Waals surface area contributed by atoms with Gasteiger partial charge in [0.1, 0.15) is 17.7 Å². The SMILES string of the molecule is O=C(NCCCCCCN1C(=O)C=CC1O)Oc1cc2c(c3ccccc13)[C@H](CCl)CN2C(=O)C12CC(C(=O)N3C[C@@H](CCl)c4c3cc(OP(=O)(O)O)c3ccccc43)(C1)C2. The van der Waals surface area contributed by atoms with Crippen molar-refractivity contribution in [3.8, 4) is 11.5 Å². The molecule has 1 unspecified atom stereocenters. The molecule has 61 heavy (non-hydrogen) atoms. The van der Waals surface area contributed by atoms with Gasteiger partial charge < -0.3 is 34.4 Å². The first kappa shape index (κ1) is 41.7. The maximum Gasteiger partial charge on any atom is 0.524 e. The molecule has 14 nitrogen and oxygen atoms in total. The number of unbranched alkanes of at least 4 members (excludes halogenated alkanes) is 3. The fourth-order valence-corrected chi connectivity index (χ4v) is 11.3. The number of carbonyl (C=O) groups excluding carboxylic acids is 4. The summed E-state index contributed by atoms with van der Waals surface area (Å²) in [7, 11) is -4.92. The maximum atomic E-state index is 14.6. The average molecular weight is 892 g/mol. The number of hydrogen-bond acceptors (Lipinski definition) is 8. The highest BCUT2D eigenvalue weighted by Gasteiger charge is 2.76. The number of halogens is 2. The largest absolute Gasteiger partial charge is 0.524 e. The Bertz CT molecular complexity index is 2540. The van der Waals surface area contributed by atoms with Gasteiger partial charge in [-0.2, -0.15) is 0 Å². The van der Waals surface area contributed by atoms with Gasteiger partial charge in [0.2, 0.25) is 17.7 Å². The zero-order valence-corrected chi connectivity index (χ0v) is 35.5. The topological polar surface area (TPSA) is 186 Å². The van der Waals surface area contributed by atoms with Crippen LogP contribution in [-0.2, 0) is 18.9 Å². The Morgan fingerprint density at radius 3 is 1.79 bits per heavy atom. The minimum absolute atomic E-state index is 0.0324. The van der Waals surface area contributed by atoms with Crippen molar-refractivity contribution in [1.29, 1.82) is 0 Å². The van der Waals surface area contributed by atoms with Gasteiger partial charge in [-0.05, 0) is 60.1 Å². The molecule has 2 bridgehead atoms. The van der Waals surface area contributed by atoms with Crippen LogP contribution in [0.2, 0.25) is 0 Å². The van der Waals surface area contributed by atoms with Gasteiger partial charge in [-0.15, -0.1) is 23.2 Å². The molecule has 0 saturated heterocycles. The van der Waals surface area contributed by atoms with Gasteiger partial charge in [-0.1, -0.05) is 61.4 Å². The van der Waals surface area contributed by atoms with Crippen LogP contribution in [0.25, 0.3) is 21.5 Å². The standard InChI is InChI=1S/C44H45Cl2N4O10P/c45-19-26-21-49(32-17-34(28-9-3-5-11-30(28)38(26)32)59-42(55)47-15-7-1-2-8-16-48-36(51)13-14-37(48)52)40(53)43-23-44(24-43,25-43)41(54)50-22-27(20-46)39-31-12-6-4-10-29(31)35(18-33(39)50)60-61(56,57)58/h3-6,9-14,17-18,26-27,36,51H,1-2,7-8,15-16,19-25H2,(H,47,55)(H2,56,57,58)/t26-,27-,36?,43?,44?/m1/s1. The normalized spacial score (nSPS) is 24.8. The minimum Gasteiger partial charge on any atom is -0.410 e. The second kappa shape index (κ2) is 15.9. The van der Waals surface area contributed by atoms with Crippen LogP contribution in [-0.4, -0.2) is 87.8 Å². The summed E-state index contributed by atoms with van der Waals surface area (Å²) in [6.45, 7) is 1.47. The van der Waals surface area contributed by atoms with E-state index < -0.39 is 31.0 Å². The zero-order valence-electron chi connectivity index (χ0n) is 33.1. The summed E-state index contributed by atoms with van der Waals surface area (Å²) in [6, 6.07) is 17.9. The number of carbonyl (C=O) groups is 4. The van der Waals surface area contributed by atoms with E-state index in [4.69, 9.17) is 32.5 Å². The van der Waals surface area contributed by atoms with E-state index in [1.54, 1.807) is 28.0 Å². The molecule has 10 rings (SSSR count). The molecule has 3 aliphatic carbocycles. The molecule has 3 saturated carbocycles. The van der Waals surface area contributed by atoms with E-state index in [2.05, 4.69) is 5.32 Å².